The fourth-order valence-corrected chi connectivity index (χ4v) is 14.2. The molecule has 0 rings (SSSR count). The second kappa shape index (κ2) is 6.84. The topological polar surface area (TPSA) is 0 Å². The van der Waals surface area contributed by atoms with Crippen molar-refractivity contribution in [2.24, 2.45) is 0 Å². The van der Waals surface area contributed by atoms with Crippen molar-refractivity contribution in [3.63, 3.8) is 0 Å². The minimum atomic E-state index is -2.93. The molecular formula is C9H21FP2S2. The minimum Gasteiger partial charge on any atom is -0.673 e. The van der Waals surface area contributed by atoms with Crippen LogP contribution in [0.2, 0.25) is 0 Å². The van der Waals surface area contributed by atoms with Gasteiger partial charge < -0.3 is 12.2 Å². The third-order valence-corrected chi connectivity index (χ3v) is 18.4. The normalized spacial score (nSPS) is 16.6. The van der Waals surface area contributed by atoms with Crippen LogP contribution in [0.25, 0.3) is 0 Å². The zero-order valence-corrected chi connectivity index (χ0v) is 12.8. The molecule has 0 nitrogen and oxygen atoms in total. The zero-order chi connectivity index (χ0) is 11.2. The fraction of sp³-hybridized carbons (Fsp3) is 1.00. The lowest BCUT2D eigenvalue weighted by Crippen LogP contribution is -2.05. The lowest BCUT2D eigenvalue weighted by atomic mass is 10.6. The van der Waals surface area contributed by atoms with Gasteiger partial charge in [-0.25, -0.2) is 4.20 Å². The van der Waals surface area contributed by atoms with E-state index in [4.69, 9.17) is 24.1 Å². The molecule has 0 radical (unpaired) electrons. The molecule has 0 aliphatic carbocycles. The monoisotopic (exact) mass is 274 g/mol. The highest BCUT2D eigenvalue weighted by atomic mass is 33.1. The molecule has 5 heteroatoms. The Morgan fingerprint density at radius 3 is 1.50 bits per heavy atom. The summed E-state index contributed by atoms with van der Waals surface area (Å²) in [6.45, 7) is 4.73. The van der Waals surface area contributed by atoms with Gasteiger partial charge in [-0.15, -0.1) is 0 Å². The van der Waals surface area contributed by atoms with Gasteiger partial charge in [0.25, 0.3) is 0 Å². The molecule has 0 fully saturated rings. The lowest BCUT2D eigenvalue weighted by molar-refractivity contribution is 0.920. The van der Waals surface area contributed by atoms with Gasteiger partial charge in [0.05, 0.1) is 18.5 Å². The van der Waals surface area contributed by atoms with Gasteiger partial charge in [0, 0.05) is 6.95 Å². The van der Waals surface area contributed by atoms with Crippen LogP contribution in [0, 0.1) is 0 Å². The Morgan fingerprint density at radius 1 is 1.07 bits per heavy atom. The lowest BCUT2D eigenvalue weighted by Gasteiger charge is -2.36. The minimum absolute atomic E-state index is 0.978. The summed E-state index contributed by atoms with van der Waals surface area (Å²) < 4.78 is 14.1. The van der Waals surface area contributed by atoms with Crippen LogP contribution in [0.4, 0.5) is 4.20 Å². The highest BCUT2D eigenvalue weighted by molar-refractivity contribution is 8.81. The van der Waals surface area contributed by atoms with Gasteiger partial charge >= 0.3 is 0 Å². The molecule has 0 aliphatic rings. The average Bonchev–Trinajstić information content (AvgIpc) is 2.03. The maximum atomic E-state index is 14.1. The second-order valence-corrected chi connectivity index (χ2v) is 17.7. The van der Waals surface area contributed by atoms with Gasteiger partial charge in [0.1, 0.15) is 5.24 Å². The van der Waals surface area contributed by atoms with E-state index in [0.29, 0.717) is 0 Å². The first-order valence-corrected chi connectivity index (χ1v) is 12.1. The molecule has 0 heterocycles. The predicted molar refractivity (Wildman–Crippen MR) is 75.2 cm³/mol. The summed E-state index contributed by atoms with van der Waals surface area (Å²) >= 11 is 10.0. The summed E-state index contributed by atoms with van der Waals surface area (Å²) in [5.74, 6) is 0. The van der Waals surface area contributed by atoms with Gasteiger partial charge in [0.2, 0.25) is 0 Å². The first-order valence-electron chi connectivity index (χ1n) is 5.30. The van der Waals surface area contributed by atoms with Crippen molar-refractivity contribution in [2.45, 2.75) is 40.0 Å². The molecule has 0 aromatic carbocycles. The molecular weight excluding hydrogens is 253 g/mol. The molecule has 1 unspecified atom stereocenters. The molecule has 0 aromatic heterocycles. The molecule has 86 valence electrons. The number of hydrogen-bond donors (Lipinski definition) is 0. The standard InChI is InChI=1S/C9H21FP2S2/c1-4-7-11(8-5-2,9-6-3)12(10,13)14/h4-9H2,1-3H3. The van der Waals surface area contributed by atoms with E-state index in [1.807, 2.05) is 0 Å². The van der Waals surface area contributed by atoms with Crippen molar-refractivity contribution < 1.29 is 4.20 Å². The summed E-state index contributed by atoms with van der Waals surface area (Å²) in [7, 11) is 0. The van der Waals surface area contributed by atoms with Crippen LogP contribution in [0.15, 0.2) is 0 Å². The summed E-state index contributed by atoms with van der Waals surface area (Å²) in [4.78, 5) is 0. The molecule has 0 aliphatic heterocycles. The van der Waals surface area contributed by atoms with E-state index < -0.39 is 12.2 Å². The van der Waals surface area contributed by atoms with Crippen LogP contribution in [0.1, 0.15) is 40.0 Å². The number of rotatable bonds is 7. The van der Waals surface area contributed by atoms with Crippen LogP contribution < -0.4 is 0 Å². The van der Waals surface area contributed by atoms with Crippen LogP contribution in [0.3, 0.4) is 0 Å². The average molecular weight is 274 g/mol. The van der Waals surface area contributed by atoms with E-state index in [1.54, 1.807) is 0 Å². The van der Waals surface area contributed by atoms with E-state index in [0.717, 1.165) is 37.7 Å². The van der Waals surface area contributed by atoms with Gasteiger partial charge in [-0.2, -0.15) is 0 Å². The van der Waals surface area contributed by atoms with Crippen molar-refractivity contribution in [3.05, 3.63) is 0 Å². The Balaban J connectivity index is 4.83. The Labute approximate surface area is 98.9 Å². The molecule has 0 bridgehead atoms. The number of halogens is 1. The molecule has 0 aromatic rings. The van der Waals surface area contributed by atoms with Crippen LogP contribution >= 0.6 is 12.2 Å². The third-order valence-electron chi connectivity index (χ3n) is 2.43. The largest absolute Gasteiger partial charge is 0.673 e. The maximum Gasteiger partial charge on any atom is 0.120 e. The highest BCUT2D eigenvalue weighted by Gasteiger charge is 2.41. The van der Waals surface area contributed by atoms with Crippen molar-refractivity contribution in [1.29, 1.82) is 0 Å². The molecule has 0 amide bonds. The van der Waals surface area contributed by atoms with E-state index >= 15 is 0 Å². The SMILES string of the molecule is CCC[P+](CCC)(CCC)P(F)(=S)[S-]. The van der Waals surface area contributed by atoms with Gasteiger partial charge in [0.15, 0.2) is 0 Å². The zero-order valence-electron chi connectivity index (χ0n) is 9.33. The molecule has 1 atom stereocenters. The molecule has 0 saturated heterocycles. The second-order valence-electron chi connectivity index (χ2n) is 3.72. The Hall–Kier alpha value is 1.36. The first kappa shape index (κ1) is 15.4. The summed E-state index contributed by atoms with van der Waals surface area (Å²) in [6.07, 6.45) is 6.04. The van der Waals surface area contributed by atoms with E-state index in [1.165, 1.54) is 0 Å². The van der Waals surface area contributed by atoms with Crippen molar-refractivity contribution in [2.75, 3.05) is 18.5 Å². The van der Waals surface area contributed by atoms with E-state index in [9.17, 15) is 4.20 Å². The molecule has 0 spiro atoms. The summed E-state index contributed by atoms with van der Waals surface area (Å²) in [5.41, 5.74) is 0. The third kappa shape index (κ3) is 4.08. The molecule has 14 heavy (non-hydrogen) atoms. The van der Waals surface area contributed by atoms with E-state index in [-0.39, 0.29) is 0 Å². The van der Waals surface area contributed by atoms with Crippen LogP contribution in [-0.2, 0) is 24.1 Å². The van der Waals surface area contributed by atoms with Crippen LogP contribution in [0.5, 0.6) is 0 Å². The highest BCUT2D eigenvalue weighted by Crippen LogP contribution is 2.89. The Bertz CT molecular complexity index is 186. The predicted octanol–water partition coefficient (Wildman–Crippen LogP) is 4.97. The van der Waals surface area contributed by atoms with Gasteiger partial charge in [-0.05, 0) is 31.1 Å². The Kier molecular flexibility index (Phi) is 7.50. The fourth-order valence-electron chi connectivity index (χ4n) is 1.94. The van der Waals surface area contributed by atoms with Gasteiger partial charge in [-0.1, -0.05) is 20.8 Å². The first-order chi connectivity index (χ1) is 6.43. The smallest absolute Gasteiger partial charge is 0.120 e. The quantitative estimate of drug-likeness (QED) is 0.474. The molecule has 0 N–H and O–H groups in total. The van der Waals surface area contributed by atoms with E-state index in [2.05, 4.69) is 20.8 Å². The summed E-state index contributed by atoms with van der Waals surface area (Å²) in [6, 6.07) is 0. The molecule has 0 saturated carbocycles. The van der Waals surface area contributed by atoms with Crippen molar-refractivity contribution in [3.8, 4) is 0 Å². The maximum absolute atomic E-state index is 14.1. The summed E-state index contributed by atoms with van der Waals surface area (Å²) in [5, 5.41) is -2.93. The Morgan fingerprint density at radius 2 is 1.36 bits per heavy atom. The van der Waals surface area contributed by atoms with Crippen molar-refractivity contribution in [1.82, 2.24) is 0 Å². The van der Waals surface area contributed by atoms with Crippen molar-refractivity contribution >= 4 is 36.2 Å². The van der Waals surface area contributed by atoms with Gasteiger partial charge in [-0.3, -0.25) is 0 Å². The van der Waals surface area contributed by atoms with Crippen LogP contribution in [-0.4, -0.2) is 18.5 Å². The number of hydrogen-bond acceptors (Lipinski definition) is 2.